The molecule has 1 fully saturated rings. The molecule has 18 heavy (non-hydrogen) atoms. The number of hydrogen-bond acceptors (Lipinski definition) is 3. The molecular weight excluding hydrogens is 249 g/mol. The summed E-state index contributed by atoms with van der Waals surface area (Å²) in [4.78, 5) is 11.8. The van der Waals surface area contributed by atoms with E-state index in [-0.39, 0.29) is 26.1 Å². The molecule has 3 N–H and O–H groups in total. The molecule has 100 valence electrons. The normalized spacial score (nSPS) is 24.2. The molecule has 2 rings (SSSR count). The summed E-state index contributed by atoms with van der Waals surface area (Å²) in [5.41, 5.74) is -1.68. The Morgan fingerprint density at radius 3 is 2.83 bits per heavy atom. The van der Waals surface area contributed by atoms with Crippen molar-refractivity contribution in [2.24, 2.45) is 5.41 Å². The lowest BCUT2D eigenvalue weighted by molar-refractivity contribution is -0.216. The monoisotopic (exact) mass is 262 g/mol. The fourth-order valence-corrected chi connectivity index (χ4v) is 1.98. The number of aromatic amines is 1. The fourth-order valence-electron chi connectivity index (χ4n) is 1.98. The van der Waals surface area contributed by atoms with Crippen molar-refractivity contribution in [2.45, 2.75) is 19.1 Å². The van der Waals surface area contributed by atoms with Gasteiger partial charge in [-0.25, -0.2) is 0 Å². The number of amides is 1. The summed E-state index contributed by atoms with van der Waals surface area (Å²) >= 11 is 0. The van der Waals surface area contributed by atoms with E-state index in [0.717, 1.165) is 0 Å². The lowest BCUT2D eigenvalue weighted by Gasteiger charge is -2.29. The van der Waals surface area contributed by atoms with Crippen LogP contribution < -0.4 is 10.6 Å². The molecule has 1 atom stereocenters. The van der Waals surface area contributed by atoms with E-state index in [1.807, 2.05) is 0 Å². The maximum Gasteiger partial charge on any atom is 0.404 e. The molecule has 8 heteroatoms. The zero-order chi connectivity index (χ0) is 13.2. The van der Waals surface area contributed by atoms with Crippen LogP contribution in [0.5, 0.6) is 0 Å². The molecule has 0 aliphatic carbocycles. The summed E-state index contributed by atoms with van der Waals surface area (Å²) in [5, 5.41) is 11.1. The average Bonchev–Trinajstić information content (AvgIpc) is 2.96. The quantitative estimate of drug-likeness (QED) is 0.745. The number of H-pyrrole nitrogens is 1. The Balaban J connectivity index is 2.05. The number of nitrogens with zero attached hydrogens (tertiary/aromatic N) is 1. The van der Waals surface area contributed by atoms with Crippen LogP contribution in [0, 0.1) is 5.41 Å². The van der Waals surface area contributed by atoms with Gasteiger partial charge in [0.1, 0.15) is 0 Å². The van der Waals surface area contributed by atoms with Crippen molar-refractivity contribution < 1.29 is 18.0 Å². The summed E-state index contributed by atoms with van der Waals surface area (Å²) in [6.45, 7) is -0.139. The van der Waals surface area contributed by atoms with Crippen molar-refractivity contribution >= 4 is 5.91 Å². The number of carbonyl (C=O) groups is 1. The van der Waals surface area contributed by atoms with Crippen molar-refractivity contribution in [3.05, 3.63) is 18.0 Å². The zero-order valence-corrected chi connectivity index (χ0v) is 9.47. The molecular formula is C10H13F3N4O. The van der Waals surface area contributed by atoms with Crippen LogP contribution in [0.15, 0.2) is 12.4 Å². The van der Waals surface area contributed by atoms with Crippen LogP contribution >= 0.6 is 0 Å². The van der Waals surface area contributed by atoms with Gasteiger partial charge in [0.2, 0.25) is 5.91 Å². The highest BCUT2D eigenvalue weighted by Crippen LogP contribution is 2.43. The smallest absolute Gasteiger partial charge is 0.351 e. The minimum absolute atomic E-state index is 0.0349. The molecule has 0 spiro atoms. The van der Waals surface area contributed by atoms with Crippen molar-refractivity contribution in [2.75, 3.05) is 13.1 Å². The number of hydrogen-bond donors (Lipinski definition) is 3. The number of carbonyl (C=O) groups excluding carboxylic acids is 1. The van der Waals surface area contributed by atoms with Gasteiger partial charge in [0.05, 0.1) is 6.20 Å². The molecule has 0 bridgehead atoms. The maximum atomic E-state index is 13.0. The third-order valence-corrected chi connectivity index (χ3v) is 3.14. The van der Waals surface area contributed by atoms with E-state index in [9.17, 15) is 18.0 Å². The summed E-state index contributed by atoms with van der Waals surface area (Å²) in [7, 11) is 0. The summed E-state index contributed by atoms with van der Waals surface area (Å²) in [6, 6.07) is 0. The standard InChI is InChI=1S/C10H13F3N4O/c11-10(12,13)9(1-2-14-6-9)8(18)15-3-7-4-16-17-5-7/h4-5,14H,1-3,6H2,(H,15,18)(H,16,17). The van der Waals surface area contributed by atoms with Gasteiger partial charge < -0.3 is 10.6 Å². The second kappa shape index (κ2) is 4.60. The van der Waals surface area contributed by atoms with Crippen molar-refractivity contribution in [3.63, 3.8) is 0 Å². The average molecular weight is 262 g/mol. The lowest BCUT2D eigenvalue weighted by atomic mass is 9.85. The molecule has 1 aromatic rings. The molecule has 0 saturated carbocycles. The van der Waals surface area contributed by atoms with E-state index in [1.165, 1.54) is 12.4 Å². The Hall–Kier alpha value is -1.57. The third kappa shape index (κ3) is 2.20. The van der Waals surface area contributed by atoms with Crippen LogP contribution in [0.25, 0.3) is 0 Å². The predicted octanol–water partition coefficient (Wildman–Crippen LogP) is 0.568. The third-order valence-electron chi connectivity index (χ3n) is 3.14. The van der Waals surface area contributed by atoms with Gasteiger partial charge >= 0.3 is 6.18 Å². The Bertz CT molecular complexity index is 409. The lowest BCUT2D eigenvalue weighted by Crippen LogP contribution is -2.51. The SMILES string of the molecule is O=C(NCc1cn[nH]c1)C1(C(F)(F)F)CCNC1. The van der Waals surface area contributed by atoms with Crippen LogP contribution in [0.2, 0.25) is 0 Å². The van der Waals surface area contributed by atoms with Crippen LogP contribution in [-0.4, -0.2) is 35.4 Å². The number of alkyl halides is 3. The predicted molar refractivity (Wildman–Crippen MR) is 56.4 cm³/mol. The number of aromatic nitrogens is 2. The molecule has 1 saturated heterocycles. The minimum atomic E-state index is -4.54. The second-order valence-corrected chi connectivity index (χ2v) is 4.30. The first kappa shape index (κ1) is 12.9. The van der Waals surface area contributed by atoms with E-state index in [4.69, 9.17) is 0 Å². The summed E-state index contributed by atoms with van der Waals surface area (Å²) < 4.78 is 39.0. The topological polar surface area (TPSA) is 69.8 Å². The van der Waals surface area contributed by atoms with Gasteiger partial charge in [0, 0.05) is 24.8 Å². The van der Waals surface area contributed by atoms with Gasteiger partial charge in [-0.3, -0.25) is 9.89 Å². The van der Waals surface area contributed by atoms with Crippen molar-refractivity contribution in [1.82, 2.24) is 20.8 Å². The highest BCUT2D eigenvalue weighted by atomic mass is 19.4. The highest BCUT2D eigenvalue weighted by Gasteiger charge is 2.61. The first-order chi connectivity index (χ1) is 8.46. The molecule has 1 unspecified atom stereocenters. The summed E-state index contributed by atoms with van der Waals surface area (Å²) in [5.74, 6) is -0.985. The zero-order valence-electron chi connectivity index (χ0n) is 9.47. The molecule has 1 aliphatic heterocycles. The summed E-state index contributed by atoms with van der Waals surface area (Å²) in [6.07, 6.45) is -1.80. The first-order valence-electron chi connectivity index (χ1n) is 5.49. The van der Waals surface area contributed by atoms with E-state index in [2.05, 4.69) is 20.8 Å². The van der Waals surface area contributed by atoms with E-state index in [0.29, 0.717) is 5.56 Å². The molecule has 0 radical (unpaired) electrons. The van der Waals surface area contributed by atoms with E-state index in [1.54, 1.807) is 0 Å². The van der Waals surface area contributed by atoms with Gasteiger partial charge in [-0.1, -0.05) is 0 Å². The van der Waals surface area contributed by atoms with E-state index >= 15 is 0 Å². The van der Waals surface area contributed by atoms with Gasteiger partial charge in [0.25, 0.3) is 0 Å². The van der Waals surface area contributed by atoms with Gasteiger partial charge in [-0.15, -0.1) is 0 Å². The Morgan fingerprint density at radius 1 is 1.56 bits per heavy atom. The molecule has 1 aliphatic rings. The van der Waals surface area contributed by atoms with Crippen LogP contribution in [-0.2, 0) is 11.3 Å². The largest absolute Gasteiger partial charge is 0.404 e. The Kier molecular flexibility index (Phi) is 3.29. The molecule has 5 nitrogen and oxygen atoms in total. The minimum Gasteiger partial charge on any atom is -0.351 e. The van der Waals surface area contributed by atoms with Crippen LogP contribution in [0.1, 0.15) is 12.0 Å². The molecule has 0 aromatic carbocycles. The second-order valence-electron chi connectivity index (χ2n) is 4.30. The molecule has 1 aromatic heterocycles. The number of rotatable bonds is 3. The Morgan fingerprint density at radius 2 is 2.33 bits per heavy atom. The molecule has 1 amide bonds. The van der Waals surface area contributed by atoms with Gasteiger partial charge in [-0.2, -0.15) is 18.3 Å². The van der Waals surface area contributed by atoms with Gasteiger partial charge in [0.15, 0.2) is 5.41 Å². The maximum absolute atomic E-state index is 13.0. The fraction of sp³-hybridized carbons (Fsp3) is 0.600. The van der Waals surface area contributed by atoms with Crippen LogP contribution in [0.3, 0.4) is 0 Å². The van der Waals surface area contributed by atoms with Crippen molar-refractivity contribution in [3.8, 4) is 0 Å². The first-order valence-corrected chi connectivity index (χ1v) is 5.49. The highest BCUT2D eigenvalue weighted by molar-refractivity contribution is 5.84. The molecule has 2 heterocycles. The van der Waals surface area contributed by atoms with E-state index < -0.39 is 17.5 Å². The Labute approximate surface area is 101 Å². The number of halogens is 3. The van der Waals surface area contributed by atoms with Gasteiger partial charge in [-0.05, 0) is 13.0 Å². The number of nitrogens with one attached hydrogen (secondary N) is 3. The van der Waals surface area contributed by atoms with Crippen molar-refractivity contribution in [1.29, 1.82) is 0 Å². The van der Waals surface area contributed by atoms with Crippen LogP contribution in [0.4, 0.5) is 13.2 Å².